The van der Waals surface area contributed by atoms with Gasteiger partial charge in [0.15, 0.2) is 11.0 Å². The first-order chi connectivity index (χ1) is 13.6. The third-order valence-corrected chi connectivity index (χ3v) is 5.46. The molecule has 0 atom stereocenters. The zero-order valence-corrected chi connectivity index (χ0v) is 17.7. The van der Waals surface area contributed by atoms with Crippen LogP contribution in [0.2, 0.25) is 0 Å². The van der Waals surface area contributed by atoms with Gasteiger partial charge in [0.25, 0.3) is 5.56 Å². The summed E-state index contributed by atoms with van der Waals surface area (Å²) in [5, 5.41) is 5.45. The highest BCUT2D eigenvalue weighted by Gasteiger charge is 2.14. The number of unbranched alkanes of at least 4 members (excludes halogenated alkanes) is 3. The molecule has 0 aliphatic rings. The minimum atomic E-state index is 0.0261. The quantitative estimate of drug-likeness (QED) is 0.275. The monoisotopic (exact) mass is 400 g/mol. The first-order valence-corrected chi connectivity index (χ1v) is 11.0. The number of nitrogens with zero attached hydrogens (tertiary/aromatic N) is 4. The van der Waals surface area contributed by atoms with Crippen LogP contribution in [0.25, 0.3) is 10.9 Å². The molecule has 0 radical (unpaired) electrons. The fraction of sp³-hybridized carbons (Fsp3) is 0.524. The van der Waals surface area contributed by atoms with Crippen LogP contribution >= 0.6 is 11.8 Å². The lowest BCUT2D eigenvalue weighted by Crippen LogP contribution is -2.23. The molecule has 6 nitrogen and oxygen atoms in total. The number of rotatable bonds is 10. The maximum atomic E-state index is 13.0. The summed E-state index contributed by atoms with van der Waals surface area (Å²) in [6, 6.07) is 7.53. The Balaban J connectivity index is 1.81. The smallest absolute Gasteiger partial charge is 0.262 e. The van der Waals surface area contributed by atoms with E-state index < -0.39 is 0 Å². The van der Waals surface area contributed by atoms with Gasteiger partial charge in [-0.25, -0.2) is 4.98 Å². The van der Waals surface area contributed by atoms with Crippen LogP contribution in [0.4, 0.5) is 0 Å². The molecule has 0 fully saturated rings. The Morgan fingerprint density at radius 1 is 1.14 bits per heavy atom. The molecule has 0 unspecified atom stereocenters. The van der Waals surface area contributed by atoms with E-state index in [9.17, 15) is 4.79 Å². The predicted octanol–water partition coefficient (Wildman–Crippen LogP) is 4.85. The van der Waals surface area contributed by atoms with Crippen molar-refractivity contribution in [1.82, 2.24) is 19.7 Å². The lowest BCUT2D eigenvalue weighted by molar-refractivity contribution is 0.360. The van der Waals surface area contributed by atoms with E-state index in [0.29, 0.717) is 35.3 Å². The lowest BCUT2D eigenvalue weighted by Gasteiger charge is -2.12. The zero-order valence-electron chi connectivity index (χ0n) is 16.9. The molecule has 150 valence electrons. The van der Waals surface area contributed by atoms with Gasteiger partial charge in [0, 0.05) is 13.0 Å². The molecular formula is C21H28N4O2S. The topological polar surface area (TPSA) is 73.8 Å². The molecule has 7 heteroatoms. The number of thioether (sulfide) groups is 1. The van der Waals surface area contributed by atoms with Crippen LogP contribution in [0.3, 0.4) is 0 Å². The Kier molecular flexibility index (Phi) is 7.25. The Bertz CT molecular complexity index is 964. The van der Waals surface area contributed by atoms with Crippen LogP contribution in [-0.2, 0) is 18.7 Å². The van der Waals surface area contributed by atoms with Crippen LogP contribution in [0.5, 0.6) is 0 Å². The summed E-state index contributed by atoms with van der Waals surface area (Å²) in [5.74, 6) is 2.30. The van der Waals surface area contributed by atoms with Crippen molar-refractivity contribution in [3.8, 4) is 0 Å². The van der Waals surface area contributed by atoms with E-state index >= 15 is 0 Å². The molecule has 0 spiro atoms. The third-order valence-electron chi connectivity index (χ3n) is 4.49. The summed E-state index contributed by atoms with van der Waals surface area (Å²) in [5.41, 5.74) is 0.756. The van der Waals surface area contributed by atoms with Crippen molar-refractivity contribution >= 4 is 22.7 Å². The molecule has 1 aromatic carbocycles. The standard InChI is InChI=1S/C21H28N4O2S/c1-4-5-6-9-12-25-20(26)16-10-7-8-11-17(16)22-21(25)28-14-18-23-19(27-24-18)13-15(2)3/h7-8,10-11,15H,4-6,9,12-14H2,1-3H3. The van der Waals surface area contributed by atoms with Crippen molar-refractivity contribution < 1.29 is 4.52 Å². The van der Waals surface area contributed by atoms with Gasteiger partial charge in [-0.1, -0.05) is 69.1 Å². The fourth-order valence-electron chi connectivity index (χ4n) is 3.06. The number of hydrogen-bond acceptors (Lipinski definition) is 6. The molecule has 0 saturated carbocycles. The first-order valence-electron chi connectivity index (χ1n) is 10.0. The predicted molar refractivity (Wildman–Crippen MR) is 113 cm³/mol. The summed E-state index contributed by atoms with van der Waals surface area (Å²) >= 11 is 1.49. The van der Waals surface area contributed by atoms with Crippen molar-refractivity contribution in [1.29, 1.82) is 0 Å². The number of para-hydroxylation sites is 1. The first kappa shape index (κ1) is 20.6. The van der Waals surface area contributed by atoms with E-state index in [1.807, 2.05) is 24.3 Å². The van der Waals surface area contributed by atoms with Gasteiger partial charge in [-0.3, -0.25) is 9.36 Å². The number of benzene rings is 1. The fourth-order valence-corrected chi connectivity index (χ4v) is 3.93. The normalized spacial score (nSPS) is 11.6. The lowest BCUT2D eigenvalue weighted by atomic mass is 10.1. The van der Waals surface area contributed by atoms with Crippen LogP contribution in [0, 0.1) is 5.92 Å². The van der Waals surface area contributed by atoms with Crippen LogP contribution in [0.1, 0.15) is 58.2 Å². The average molecular weight is 401 g/mol. The van der Waals surface area contributed by atoms with Crippen LogP contribution in [0.15, 0.2) is 38.7 Å². The minimum Gasteiger partial charge on any atom is -0.339 e. The molecule has 2 heterocycles. The highest BCUT2D eigenvalue weighted by molar-refractivity contribution is 7.98. The summed E-state index contributed by atoms with van der Waals surface area (Å²) in [6.07, 6.45) is 5.21. The summed E-state index contributed by atoms with van der Waals surface area (Å²) in [6.45, 7) is 7.11. The highest BCUT2D eigenvalue weighted by atomic mass is 32.2. The Labute approximate surface area is 169 Å². The molecule has 0 aliphatic carbocycles. The molecule has 0 aliphatic heterocycles. The van der Waals surface area contributed by atoms with E-state index in [1.54, 1.807) is 4.57 Å². The minimum absolute atomic E-state index is 0.0261. The molecule has 2 aromatic heterocycles. The van der Waals surface area contributed by atoms with Gasteiger partial charge in [0.1, 0.15) is 0 Å². The van der Waals surface area contributed by atoms with Crippen LogP contribution < -0.4 is 5.56 Å². The molecule has 0 bridgehead atoms. The average Bonchev–Trinajstić information content (AvgIpc) is 3.12. The number of fused-ring (bicyclic) bond motifs is 1. The van der Waals surface area contributed by atoms with Gasteiger partial charge in [0.2, 0.25) is 5.89 Å². The van der Waals surface area contributed by atoms with E-state index in [1.165, 1.54) is 24.6 Å². The number of aromatic nitrogens is 4. The van der Waals surface area contributed by atoms with Crippen molar-refractivity contribution in [3.05, 3.63) is 46.3 Å². The van der Waals surface area contributed by atoms with Gasteiger partial charge in [-0.05, 0) is 24.5 Å². The van der Waals surface area contributed by atoms with Gasteiger partial charge >= 0.3 is 0 Å². The summed E-state index contributed by atoms with van der Waals surface area (Å²) in [7, 11) is 0. The van der Waals surface area contributed by atoms with Gasteiger partial charge in [-0.15, -0.1) is 0 Å². The van der Waals surface area contributed by atoms with Gasteiger partial charge < -0.3 is 4.52 Å². The Morgan fingerprint density at radius 3 is 2.75 bits per heavy atom. The number of hydrogen-bond donors (Lipinski definition) is 0. The third kappa shape index (κ3) is 5.22. The van der Waals surface area contributed by atoms with Gasteiger partial charge in [-0.2, -0.15) is 4.98 Å². The molecular weight excluding hydrogens is 372 g/mol. The summed E-state index contributed by atoms with van der Waals surface area (Å²) < 4.78 is 7.12. The molecule has 3 aromatic rings. The second-order valence-electron chi connectivity index (χ2n) is 7.42. The second-order valence-corrected chi connectivity index (χ2v) is 8.36. The van der Waals surface area contributed by atoms with Crippen molar-refractivity contribution in [2.45, 2.75) is 70.3 Å². The Hall–Kier alpha value is -2.15. The SMILES string of the molecule is CCCCCCn1c(SCc2noc(CC(C)C)n2)nc2ccccc2c1=O. The van der Waals surface area contributed by atoms with E-state index in [-0.39, 0.29) is 5.56 Å². The van der Waals surface area contributed by atoms with E-state index in [4.69, 9.17) is 9.51 Å². The molecule has 0 saturated heterocycles. The summed E-state index contributed by atoms with van der Waals surface area (Å²) in [4.78, 5) is 22.2. The zero-order chi connectivity index (χ0) is 19.9. The van der Waals surface area contributed by atoms with E-state index in [2.05, 4.69) is 30.9 Å². The maximum absolute atomic E-state index is 13.0. The Morgan fingerprint density at radius 2 is 1.96 bits per heavy atom. The maximum Gasteiger partial charge on any atom is 0.262 e. The largest absolute Gasteiger partial charge is 0.339 e. The van der Waals surface area contributed by atoms with Crippen molar-refractivity contribution in [3.63, 3.8) is 0 Å². The molecule has 28 heavy (non-hydrogen) atoms. The van der Waals surface area contributed by atoms with Gasteiger partial charge in [0.05, 0.1) is 16.7 Å². The molecule has 0 amide bonds. The highest BCUT2D eigenvalue weighted by Crippen LogP contribution is 2.22. The molecule has 0 N–H and O–H groups in total. The van der Waals surface area contributed by atoms with Crippen LogP contribution in [-0.4, -0.2) is 19.7 Å². The van der Waals surface area contributed by atoms with E-state index in [0.717, 1.165) is 29.9 Å². The van der Waals surface area contributed by atoms with Crippen molar-refractivity contribution in [2.75, 3.05) is 0 Å². The van der Waals surface area contributed by atoms with Crippen molar-refractivity contribution in [2.24, 2.45) is 5.92 Å². The molecule has 3 rings (SSSR count). The second kappa shape index (κ2) is 9.87.